The molecule has 0 spiro atoms. The fourth-order valence-corrected chi connectivity index (χ4v) is 3.30. The van der Waals surface area contributed by atoms with Gasteiger partial charge in [-0.2, -0.15) is 5.10 Å². The van der Waals surface area contributed by atoms with Gasteiger partial charge in [0, 0.05) is 17.3 Å². The number of rotatable bonds is 6. The lowest BCUT2D eigenvalue weighted by molar-refractivity contribution is 0.0936. The second-order valence-corrected chi connectivity index (χ2v) is 6.91. The van der Waals surface area contributed by atoms with Gasteiger partial charge in [0.05, 0.1) is 30.3 Å². The first-order valence-electron chi connectivity index (χ1n) is 9.24. The van der Waals surface area contributed by atoms with E-state index < -0.39 is 0 Å². The number of amides is 1. The minimum absolute atomic E-state index is 0.133. The van der Waals surface area contributed by atoms with Gasteiger partial charge in [0.25, 0.3) is 5.91 Å². The van der Waals surface area contributed by atoms with Gasteiger partial charge in [0.1, 0.15) is 5.75 Å². The van der Waals surface area contributed by atoms with Crippen molar-refractivity contribution in [3.8, 4) is 5.75 Å². The third-order valence-electron chi connectivity index (χ3n) is 4.66. The van der Waals surface area contributed by atoms with Crippen molar-refractivity contribution in [2.75, 3.05) is 7.11 Å². The normalized spacial score (nSPS) is 12.4. The van der Waals surface area contributed by atoms with Gasteiger partial charge >= 0.3 is 0 Å². The van der Waals surface area contributed by atoms with Gasteiger partial charge < -0.3 is 10.1 Å². The van der Waals surface area contributed by atoms with E-state index in [0.29, 0.717) is 5.56 Å². The third-order valence-corrected chi connectivity index (χ3v) is 4.66. The molecule has 0 saturated carbocycles. The van der Waals surface area contributed by atoms with E-state index in [-0.39, 0.29) is 18.0 Å². The van der Waals surface area contributed by atoms with Gasteiger partial charge in [0.15, 0.2) is 5.65 Å². The molecule has 0 aliphatic carbocycles. The Labute approximate surface area is 159 Å². The Morgan fingerprint density at radius 2 is 2.04 bits per heavy atom. The van der Waals surface area contributed by atoms with Crippen molar-refractivity contribution in [1.82, 2.24) is 20.1 Å². The van der Waals surface area contributed by atoms with Crippen LogP contribution in [0.2, 0.25) is 0 Å². The number of nitrogens with zero attached hydrogens (tertiary/aromatic N) is 3. The summed E-state index contributed by atoms with van der Waals surface area (Å²) in [4.78, 5) is 17.7. The highest BCUT2D eigenvalue weighted by Gasteiger charge is 2.21. The number of nitrogens with one attached hydrogen (secondary N) is 1. The lowest BCUT2D eigenvalue weighted by atomic mass is 10.0. The average Bonchev–Trinajstić information content (AvgIpc) is 3.09. The summed E-state index contributed by atoms with van der Waals surface area (Å²) >= 11 is 0. The van der Waals surface area contributed by atoms with Gasteiger partial charge in [-0.3, -0.25) is 4.79 Å². The van der Waals surface area contributed by atoms with Crippen LogP contribution in [0, 0.1) is 6.92 Å². The number of benzene rings is 1. The molecule has 0 aliphatic rings. The lowest BCUT2D eigenvalue weighted by Gasteiger charge is -2.20. The van der Waals surface area contributed by atoms with Crippen LogP contribution in [-0.4, -0.2) is 27.8 Å². The molecule has 1 unspecified atom stereocenters. The van der Waals surface area contributed by atoms with Crippen molar-refractivity contribution in [3.63, 3.8) is 0 Å². The molecule has 0 bridgehead atoms. The minimum atomic E-state index is -0.141. The molecule has 0 aliphatic heterocycles. The van der Waals surface area contributed by atoms with Crippen LogP contribution in [0.1, 0.15) is 60.9 Å². The second kappa shape index (κ2) is 7.78. The maximum atomic E-state index is 13.1. The Morgan fingerprint density at radius 3 is 2.70 bits per heavy atom. The number of carbonyl (C=O) groups is 1. The summed E-state index contributed by atoms with van der Waals surface area (Å²) in [5.74, 6) is 0.639. The fraction of sp³-hybridized carbons (Fsp3) is 0.381. The third kappa shape index (κ3) is 3.65. The Morgan fingerprint density at radius 1 is 1.30 bits per heavy atom. The molecule has 3 aromatic rings. The Hall–Kier alpha value is -2.89. The van der Waals surface area contributed by atoms with Crippen molar-refractivity contribution >= 4 is 16.9 Å². The molecule has 2 heterocycles. The maximum absolute atomic E-state index is 13.1. The van der Waals surface area contributed by atoms with Crippen molar-refractivity contribution in [1.29, 1.82) is 0 Å². The van der Waals surface area contributed by atoms with E-state index in [4.69, 9.17) is 4.74 Å². The number of hydrogen-bond acceptors (Lipinski definition) is 4. The van der Waals surface area contributed by atoms with Crippen LogP contribution in [-0.2, 0) is 0 Å². The number of hydrogen-bond donors (Lipinski definition) is 1. The Kier molecular flexibility index (Phi) is 5.44. The molecule has 0 radical (unpaired) electrons. The number of fused-ring (bicyclic) bond motifs is 1. The predicted molar refractivity (Wildman–Crippen MR) is 106 cm³/mol. The van der Waals surface area contributed by atoms with Crippen molar-refractivity contribution in [2.24, 2.45) is 0 Å². The zero-order valence-corrected chi connectivity index (χ0v) is 16.5. The summed E-state index contributed by atoms with van der Waals surface area (Å²) in [5, 5.41) is 8.33. The van der Waals surface area contributed by atoms with Gasteiger partial charge in [-0.05, 0) is 39.3 Å². The van der Waals surface area contributed by atoms with E-state index in [1.807, 2.05) is 62.7 Å². The van der Waals surface area contributed by atoms with Crippen LogP contribution in [0.5, 0.6) is 5.75 Å². The standard InChI is InChI=1S/C21H26N4O2/c1-6-18(15-9-7-8-10-19(15)27-5)24-21(26)16-11-14(4)23-20-17(16)12-22-25(20)13(2)3/h7-13,18H,6H2,1-5H3,(H,24,26). The Bertz CT molecular complexity index is 962. The van der Waals surface area contributed by atoms with E-state index >= 15 is 0 Å². The van der Waals surface area contributed by atoms with Gasteiger partial charge in [-0.1, -0.05) is 25.1 Å². The lowest BCUT2D eigenvalue weighted by Crippen LogP contribution is -2.28. The molecular weight excluding hydrogens is 340 g/mol. The van der Waals surface area contributed by atoms with Gasteiger partial charge in [-0.15, -0.1) is 0 Å². The number of aryl methyl sites for hydroxylation is 1. The zero-order chi connectivity index (χ0) is 19.6. The van der Waals surface area contributed by atoms with Gasteiger partial charge in [-0.25, -0.2) is 9.67 Å². The van der Waals surface area contributed by atoms with E-state index in [1.165, 1.54) is 0 Å². The first-order valence-corrected chi connectivity index (χ1v) is 9.24. The topological polar surface area (TPSA) is 69.0 Å². The molecule has 3 rings (SSSR count). The first-order chi connectivity index (χ1) is 13.0. The molecule has 1 aromatic carbocycles. The number of carbonyl (C=O) groups excluding carboxylic acids is 1. The van der Waals surface area contributed by atoms with Crippen molar-refractivity contribution < 1.29 is 9.53 Å². The number of para-hydroxylation sites is 1. The Balaban J connectivity index is 1.98. The summed E-state index contributed by atoms with van der Waals surface area (Å²) in [6.45, 7) is 8.03. The van der Waals surface area contributed by atoms with E-state index in [1.54, 1.807) is 13.3 Å². The fourth-order valence-electron chi connectivity index (χ4n) is 3.30. The first kappa shape index (κ1) is 18.9. The molecule has 6 nitrogen and oxygen atoms in total. The molecule has 1 amide bonds. The molecular formula is C21H26N4O2. The summed E-state index contributed by atoms with van der Waals surface area (Å²) < 4.78 is 7.30. The predicted octanol–water partition coefficient (Wildman–Crippen LogP) is 4.21. The number of methoxy groups -OCH3 is 1. The molecule has 0 fully saturated rings. The molecule has 27 heavy (non-hydrogen) atoms. The summed E-state index contributed by atoms with van der Waals surface area (Å²) in [5.41, 5.74) is 3.09. The van der Waals surface area contributed by atoms with E-state index in [2.05, 4.69) is 15.4 Å². The summed E-state index contributed by atoms with van der Waals surface area (Å²) in [6.07, 6.45) is 2.48. The number of pyridine rings is 1. The largest absolute Gasteiger partial charge is 0.496 e. The van der Waals surface area contributed by atoms with Crippen LogP contribution in [0.4, 0.5) is 0 Å². The SMILES string of the molecule is CCC(NC(=O)c1cc(C)nc2c1cnn2C(C)C)c1ccccc1OC. The number of ether oxygens (including phenoxy) is 1. The molecule has 142 valence electrons. The quantitative estimate of drug-likeness (QED) is 0.709. The molecule has 2 aromatic heterocycles. The molecule has 1 N–H and O–H groups in total. The highest BCUT2D eigenvalue weighted by molar-refractivity contribution is 6.05. The number of aromatic nitrogens is 3. The van der Waals surface area contributed by atoms with E-state index in [0.717, 1.165) is 34.5 Å². The van der Waals surface area contributed by atoms with E-state index in [9.17, 15) is 4.79 Å². The zero-order valence-electron chi connectivity index (χ0n) is 16.5. The monoisotopic (exact) mass is 366 g/mol. The molecule has 1 atom stereocenters. The highest BCUT2D eigenvalue weighted by atomic mass is 16.5. The molecule has 0 saturated heterocycles. The van der Waals surface area contributed by atoms with Crippen LogP contribution in [0.25, 0.3) is 11.0 Å². The highest BCUT2D eigenvalue weighted by Crippen LogP contribution is 2.28. The minimum Gasteiger partial charge on any atom is -0.496 e. The van der Waals surface area contributed by atoms with Crippen LogP contribution in [0.3, 0.4) is 0 Å². The average molecular weight is 366 g/mol. The van der Waals surface area contributed by atoms with Crippen LogP contribution >= 0.6 is 0 Å². The van der Waals surface area contributed by atoms with Crippen LogP contribution < -0.4 is 10.1 Å². The summed E-state index contributed by atoms with van der Waals surface area (Å²) in [6, 6.07) is 9.62. The summed E-state index contributed by atoms with van der Waals surface area (Å²) in [7, 11) is 1.64. The van der Waals surface area contributed by atoms with Crippen molar-refractivity contribution in [2.45, 2.75) is 46.2 Å². The molecule has 6 heteroatoms. The second-order valence-electron chi connectivity index (χ2n) is 6.91. The van der Waals surface area contributed by atoms with Crippen molar-refractivity contribution in [3.05, 3.63) is 53.3 Å². The van der Waals surface area contributed by atoms with Crippen LogP contribution in [0.15, 0.2) is 36.5 Å². The van der Waals surface area contributed by atoms with Gasteiger partial charge in [0.2, 0.25) is 0 Å². The maximum Gasteiger partial charge on any atom is 0.252 e. The smallest absolute Gasteiger partial charge is 0.252 e.